The SMILES string of the molecule is CC(C)NC(=O)O[C@@H]1Cc2c(OCc3ccccc3)cc(OCc3ccccc3)cc2O[C@@H]1c1ccc(OCc2ccccc2)c(OCc2ccccc2)c1. The van der Waals surface area contributed by atoms with Gasteiger partial charge < -0.3 is 33.7 Å². The smallest absolute Gasteiger partial charge is 0.407 e. The van der Waals surface area contributed by atoms with Crippen molar-refractivity contribution in [1.29, 1.82) is 0 Å². The Morgan fingerprint density at radius 2 is 1.09 bits per heavy atom. The Morgan fingerprint density at radius 3 is 1.62 bits per heavy atom. The number of benzene rings is 6. The van der Waals surface area contributed by atoms with Crippen LogP contribution >= 0.6 is 0 Å². The summed E-state index contributed by atoms with van der Waals surface area (Å²) < 4.78 is 38.5. The normalized spacial score (nSPS) is 14.6. The fourth-order valence-electron chi connectivity index (χ4n) is 6.31. The summed E-state index contributed by atoms with van der Waals surface area (Å²) in [7, 11) is 0. The van der Waals surface area contributed by atoms with Gasteiger partial charge in [0, 0.05) is 35.7 Å². The van der Waals surface area contributed by atoms with E-state index in [0.717, 1.165) is 33.4 Å². The zero-order valence-corrected chi connectivity index (χ0v) is 31.1. The quantitative estimate of drug-likeness (QED) is 0.112. The molecule has 0 unspecified atom stereocenters. The molecule has 8 heteroatoms. The predicted octanol–water partition coefficient (Wildman–Crippen LogP) is 10.2. The summed E-state index contributed by atoms with van der Waals surface area (Å²) in [6, 6.07) is 49.3. The van der Waals surface area contributed by atoms with E-state index in [4.69, 9.17) is 28.4 Å². The Labute approximate surface area is 322 Å². The molecule has 0 bridgehead atoms. The van der Waals surface area contributed by atoms with Gasteiger partial charge in [-0.1, -0.05) is 127 Å². The van der Waals surface area contributed by atoms with E-state index in [1.54, 1.807) is 0 Å². The fraction of sp³-hybridized carbons (Fsp3) is 0.213. The van der Waals surface area contributed by atoms with E-state index in [0.29, 0.717) is 61.6 Å². The largest absolute Gasteiger partial charge is 0.489 e. The molecule has 1 heterocycles. The van der Waals surface area contributed by atoms with Gasteiger partial charge in [0.25, 0.3) is 0 Å². The van der Waals surface area contributed by atoms with E-state index < -0.39 is 18.3 Å². The Morgan fingerprint density at radius 1 is 0.600 bits per heavy atom. The van der Waals surface area contributed by atoms with Crippen LogP contribution in [-0.2, 0) is 37.6 Å². The van der Waals surface area contributed by atoms with E-state index in [-0.39, 0.29) is 6.04 Å². The van der Waals surface area contributed by atoms with Gasteiger partial charge >= 0.3 is 6.09 Å². The van der Waals surface area contributed by atoms with Crippen LogP contribution in [0.1, 0.15) is 53.3 Å². The fourth-order valence-corrected chi connectivity index (χ4v) is 6.31. The highest BCUT2D eigenvalue weighted by molar-refractivity contribution is 5.68. The number of ether oxygens (including phenoxy) is 6. The zero-order chi connectivity index (χ0) is 37.8. The van der Waals surface area contributed by atoms with E-state index in [2.05, 4.69) is 5.32 Å². The van der Waals surface area contributed by atoms with Gasteiger partial charge in [-0.2, -0.15) is 0 Å². The summed E-state index contributed by atoms with van der Waals surface area (Å²) in [4.78, 5) is 13.2. The molecule has 6 aromatic rings. The molecule has 1 N–H and O–H groups in total. The first kappa shape index (κ1) is 36.9. The monoisotopic (exact) mass is 735 g/mol. The number of hydrogen-bond donors (Lipinski definition) is 1. The highest BCUT2D eigenvalue weighted by Gasteiger charge is 2.37. The second-order valence-corrected chi connectivity index (χ2v) is 13.7. The lowest BCUT2D eigenvalue weighted by atomic mass is 9.93. The van der Waals surface area contributed by atoms with Crippen LogP contribution in [0.2, 0.25) is 0 Å². The average Bonchev–Trinajstić information content (AvgIpc) is 3.21. The molecule has 0 aromatic heterocycles. The van der Waals surface area contributed by atoms with Crippen molar-refractivity contribution in [3.63, 3.8) is 0 Å². The summed E-state index contributed by atoms with van der Waals surface area (Å²) in [5.41, 5.74) is 5.64. The number of fused-ring (bicyclic) bond motifs is 1. The number of amides is 1. The van der Waals surface area contributed by atoms with Gasteiger partial charge in [-0.05, 0) is 48.2 Å². The summed E-state index contributed by atoms with van der Waals surface area (Å²) in [6.07, 6.45) is -1.60. The van der Waals surface area contributed by atoms with Crippen molar-refractivity contribution < 1.29 is 33.2 Å². The maximum Gasteiger partial charge on any atom is 0.407 e. The van der Waals surface area contributed by atoms with E-state index >= 15 is 0 Å². The van der Waals surface area contributed by atoms with Crippen LogP contribution < -0.4 is 29.0 Å². The minimum Gasteiger partial charge on any atom is -0.489 e. The summed E-state index contributed by atoms with van der Waals surface area (Å²) in [5.74, 6) is 2.90. The molecule has 1 amide bonds. The van der Waals surface area contributed by atoms with E-state index in [1.165, 1.54) is 0 Å². The second-order valence-electron chi connectivity index (χ2n) is 13.7. The van der Waals surface area contributed by atoms with Gasteiger partial charge in [0.1, 0.15) is 49.8 Å². The Bertz CT molecular complexity index is 2130. The van der Waals surface area contributed by atoms with Crippen molar-refractivity contribution in [2.24, 2.45) is 0 Å². The van der Waals surface area contributed by atoms with Crippen LogP contribution in [0.3, 0.4) is 0 Å². The minimum atomic E-state index is -0.709. The maximum absolute atomic E-state index is 13.2. The molecule has 280 valence electrons. The Balaban J connectivity index is 1.23. The first-order valence-corrected chi connectivity index (χ1v) is 18.6. The van der Waals surface area contributed by atoms with Gasteiger partial charge in [0.15, 0.2) is 17.6 Å². The van der Waals surface area contributed by atoms with E-state index in [9.17, 15) is 4.79 Å². The molecule has 0 saturated heterocycles. The van der Waals surface area contributed by atoms with Gasteiger partial charge in [-0.25, -0.2) is 4.79 Å². The molecule has 0 radical (unpaired) electrons. The molecular formula is C47H45NO7. The molecule has 55 heavy (non-hydrogen) atoms. The summed E-state index contributed by atoms with van der Waals surface area (Å²) >= 11 is 0. The number of rotatable bonds is 15. The van der Waals surface area contributed by atoms with Crippen LogP contribution in [0.25, 0.3) is 0 Å². The maximum atomic E-state index is 13.2. The lowest BCUT2D eigenvalue weighted by molar-refractivity contribution is 0.00133. The van der Waals surface area contributed by atoms with Crippen molar-refractivity contribution in [1.82, 2.24) is 5.32 Å². The average molecular weight is 736 g/mol. The minimum absolute atomic E-state index is 0.115. The van der Waals surface area contributed by atoms with Crippen molar-refractivity contribution in [3.05, 3.63) is 185 Å². The molecule has 0 spiro atoms. The third-order valence-corrected chi connectivity index (χ3v) is 9.06. The molecule has 0 fully saturated rings. The third kappa shape index (κ3) is 10.2. The van der Waals surface area contributed by atoms with Gasteiger partial charge in [0.05, 0.1) is 0 Å². The number of alkyl carbamates (subject to hydrolysis) is 1. The van der Waals surface area contributed by atoms with Crippen molar-refractivity contribution in [2.75, 3.05) is 0 Å². The topological polar surface area (TPSA) is 84.5 Å². The highest BCUT2D eigenvalue weighted by atomic mass is 16.6. The van der Waals surface area contributed by atoms with Crippen LogP contribution in [-0.4, -0.2) is 18.2 Å². The van der Waals surface area contributed by atoms with Gasteiger partial charge in [-0.15, -0.1) is 0 Å². The molecular weight excluding hydrogens is 691 g/mol. The van der Waals surface area contributed by atoms with Crippen LogP contribution in [0.4, 0.5) is 4.79 Å². The number of hydrogen-bond acceptors (Lipinski definition) is 7. The highest BCUT2D eigenvalue weighted by Crippen LogP contribution is 2.45. The van der Waals surface area contributed by atoms with Crippen molar-refractivity contribution in [3.8, 4) is 28.7 Å². The Kier molecular flexibility index (Phi) is 12.1. The molecule has 2 atom stereocenters. The molecule has 1 aliphatic heterocycles. The standard InChI is InChI=1S/C47H45NO7/c1-33(2)48-47(49)55-45-28-40-42(52-31-36-19-11-5-12-20-36)26-39(50-29-34-15-7-3-8-16-34)27-43(40)54-46(45)38-23-24-41(51-30-35-17-9-4-10-18-35)44(25-38)53-32-37-21-13-6-14-22-37/h3-27,33,45-46H,28-32H2,1-2H3,(H,48,49)/t45-,46-/m1/s1. The third-order valence-electron chi connectivity index (χ3n) is 9.06. The lowest BCUT2D eigenvalue weighted by Gasteiger charge is -2.35. The van der Waals surface area contributed by atoms with Crippen molar-refractivity contribution in [2.45, 2.75) is 64.9 Å². The molecule has 8 nitrogen and oxygen atoms in total. The first-order chi connectivity index (χ1) is 27.0. The van der Waals surface area contributed by atoms with Crippen LogP contribution in [0.15, 0.2) is 152 Å². The van der Waals surface area contributed by atoms with Gasteiger partial charge in [0.2, 0.25) is 0 Å². The van der Waals surface area contributed by atoms with Crippen LogP contribution in [0.5, 0.6) is 28.7 Å². The summed E-state index contributed by atoms with van der Waals surface area (Å²) in [6.45, 7) is 5.19. The Hall–Kier alpha value is -6.41. The molecule has 0 saturated carbocycles. The first-order valence-electron chi connectivity index (χ1n) is 18.6. The lowest BCUT2D eigenvalue weighted by Crippen LogP contribution is -2.40. The molecule has 7 rings (SSSR count). The van der Waals surface area contributed by atoms with E-state index in [1.807, 2.05) is 166 Å². The van der Waals surface area contributed by atoms with Crippen LogP contribution in [0, 0.1) is 0 Å². The second kappa shape index (κ2) is 18.1. The number of carbonyl (C=O) groups is 1. The molecule has 6 aromatic carbocycles. The van der Waals surface area contributed by atoms with Crippen molar-refractivity contribution >= 4 is 6.09 Å². The zero-order valence-electron chi connectivity index (χ0n) is 31.1. The number of carbonyl (C=O) groups excluding carboxylic acids is 1. The molecule has 1 aliphatic rings. The predicted molar refractivity (Wildman–Crippen MR) is 212 cm³/mol. The summed E-state index contributed by atoms with van der Waals surface area (Å²) in [5, 5.41) is 2.87. The molecule has 0 aliphatic carbocycles. The number of nitrogens with one attached hydrogen (secondary N) is 1. The van der Waals surface area contributed by atoms with Gasteiger partial charge in [-0.3, -0.25) is 0 Å².